The first-order valence-electron chi connectivity index (χ1n) is 6.37. The molecule has 0 aliphatic rings. The van der Waals surface area contributed by atoms with E-state index in [1.54, 1.807) is 12.1 Å². The van der Waals surface area contributed by atoms with Gasteiger partial charge in [-0.2, -0.15) is 0 Å². The van der Waals surface area contributed by atoms with Gasteiger partial charge in [0.05, 0.1) is 16.0 Å². The summed E-state index contributed by atoms with van der Waals surface area (Å²) in [5.74, 6) is 0.808. The SMILES string of the molecule is CN(C)CCn1c(N(C)C)nc2ccc([N+](=O)[O-])cc21. The molecule has 0 saturated heterocycles. The number of benzene rings is 1. The van der Waals surface area contributed by atoms with Crippen LogP contribution in [0.4, 0.5) is 11.6 Å². The van der Waals surface area contributed by atoms with Crippen molar-refractivity contribution in [1.82, 2.24) is 14.5 Å². The Kier molecular flexibility index (Phi) is 3.89. The summed E-state index contributed by atoms with van der Waals surface area (Å²) in [6, 6.07) is 4.78. The summed E-state index contributed by atoms with van der Waals surface area (Å²) in [5.41, 5.74) is 1.66. The van der Waals surface area contributed by atoms with E-state index in [1.165, 1.54) is 6.07 Å². The molecule has 7 nitrogen and oxygen atoms in total. The van der Waals surface area contributed by atoms with Gasteiger partial charge in [0, 0.05) is 39.3 Å². The zero-order chi connectivity index (χ0) is 14.9. The van der Waals surface area contributed by atoms with Gasteiger partial charge in [-0.3, -0.25) is 10.1 Å². The standard InChI is InChI=1S/C13H19N5O2/c1-15(2)7-8-17-12-9-10(18(19)20)5-6-11(12)14-13(17)16(3)4/h5-6,9H,7-8H2,1-4H3. The summed E-state index contributed by atoms with van der Waals surface area (Å²) in [6.45, 7) is 1.58. The Bertz CT molecular complexity index is 633. The number of anilines is 1. The molecule has 0 unspecified atom stereocenters. The molecule has 2 rings (SSSR count). The van der Waals surface area contributed by atoms with E-state index in [9.17, 15) is 10.1 Å². The zero-order valence-electron chi connectivity index (χ0n) is 12.2. The van der Waals surface area contributed by atoms with Crippen molar-refractivity contribution < 1.29 is 4.92 Å². The summed E-state index contributed by atoms with van der Waals surface area (Å²) < 4.78 is 2.02. The fraction of sp³-hybridized carbons (Fsp3) is 0.462. The third-order valence-corrected chi connectivity index (χ3v) is 3.09. The molecular weight excluding hydrogens is 258 g/mol. The minimum Gasteiger partial charge on any atom is -0.348 e. The lowest BCUT2D eigenvalue weighted by Gasteiger charge is -2.17. The molecule has 0 saturated carbocycles. The third-order valence-electron chi connectivity index (χ3n) is 3.09. The van der Waals surface area contributed by atoms with E-state index >= 15 is 0 Å². The number of hydrogen-bond acceptors (Lipinski definition) is 5. The first kappa shape index (κ1) is 14.3. The molecular formula is C13H19N5O2. The van der Waals surface area contributed by atoms with E-state index in [-0.39, 0.29) is 10.6 Å². The Labute approximate surface area is 117 Å². The topological polar surface area (TPSA) is 67.4 Å². The Morgan fingerprint density at radius 2 is 2.00 bits per heavy atom. The van der Waals surface area contributed by atoms with Crippen LogP contribution in [0.2, 0.25) is 0 Å². The van der Waals surface area contributed by atoms with Crippen molar-refractivity contribution in [2.75, 3.05) is 39.6 Å². The second kappa shape index (κ2) is 5.46. The summed E-state index contributed by atoms with van der Waals surface area (Å²) >= 11 is 0. The molecule has 0 bridgehead atoms. The highest BCUT2D eigenvalue weighted by Crippen LogP contribution is 2.25. The Morgan fingerprint density at radius 3 is 2.55 bits per heavy atom. The van der Waals surface area contributed by atoms with Crippen molar-refractivity contribution in [1.29, 1.82) is 0 Å². The van der Waals surface area contributed by atoms with Gasteiger partial charge in [-0.25, -0.2) is 4.98 Å². The van der Waals surface area contributed by atoms with Crippen LogP contribution in [-0.2, 0) is 6.54 Å². The van der Waals surface area contributed by atoms with Crippen molar-refractivity contribution in [3.63, 3.8) is 0 Å². The number of imidazole rings is 1. The van der Waals surface area contributed by atoms with Gasteiger partial charge < -0.3 is 14.4 Å². The number of rotatable bonds is 5. The van der Waals surface area contributed by atoms with Crippen molar-refractivity contribution >= 4 is 22.7 Å². The van der Waals surface area contributed by atoms with Gasteiger partial charge >= 0.3 is 0 Å². The summed E-state index contributed by atoms with van der Waals surface area (Å²) in [5, 5.41) is 10.9. The Hall–Kier alpha value is -2.15. The Balaban J connectivity index is 2.55. The number of nitrogens with zero attached hydrogens (tertiary/aromatic N) is 5. The molecule has 0 aliphatic carbocycles. The van der Waals surface area contributed by atoms with Crippen molar-refractivity contribution in [2.24, 2.45) is 0 Å². The largest absolute Gasteiger partial charge is 0.348 e. The first-order chi connectivity index (χ1) is 9.40. The van der Waals surface area contributed by atoms with Crippen LogP contribution in [-0.4, -0.2) is 54.1 Å². The van der Waals surface area contributed by atoms with Crippen molar-refractivity contribution in [3.8, 4) is 0 Å². The molecule has 108 valence electrons. The number of nitro groups is 1. The maximum atomic E-state index is 10.9. The molecule has 0 N–H and O–H groups in total. The molecule has 0 spiro atoms. The van der Waals surface area contributed by atoms with Gasteiger partial charge in [-0.1, -0.05) is 0 Å². The molecule has 1 aromatic heterocycles. The molecule has 0 amide bonds. The van der Waals surface area contributed by atoms with Gasteiger partial charge in [-0.05, 0) is 20.2 Å². The summed E-state index contributed by atoms with van der Waals surface area (Å²) in [7, 11) is 7.83. The number of aromatic nitrogens is 2. The predicted octanol–water partition coefficient (Wildman–Crippen LogP) is 1.57. The second-order valence-corrected chi connectivity index (χ2v) is 5.19. The van der Waals surface area contributed by atoms with Crippen LogP contribution in [0.25, 0.3) is 11.0 Å². The van der Waals surface area contributed by atoms with E-state index in [0.29, 0.717) is 0 Å². The van der Waals surface area contributed by atoms with E-state index in [0.717, 1.165) is 30.1 Å². The van der Waals surface area contributed by atoms with Gasteiger partial charge in [0.15, 0.2) is 0 Å². The highest BCUT2D eigenvalue weighted by atomic mass is 16.6. The Morgan fingerprint density at radius 1 is 1.30 bits per heavy atom. The van der Waals surface area contributed by atoms with Gasteiger partial charge in [-0.15, -0.1) is 0 Å². The van der Waals surface area contributed by atoms with Crippen LogP contribution in [0.15, 0.2) is 18.2 Å². The smallest absolute Gasteiger partial charge is 0.271 e. The molecule has 0 atom stereocenters. The zero-order valence-corrected chi connectivity index (χ0v) is 12.2. The molecule has 1 aromatic carbocycles. The van der Waals surface area contributed by atoms with Crippen LogP contribution in [0.3, 0.4) is 0 Å². The van der Waals surface area contributed by atoms with Crippen LogP contribution >= 0.6 is 0 Å². The summed E-state index contributed by atoms with van der Waals surface area (Å²) in [4.78, 5) is 19.1. The quantitative estimate of drug-likeness (QED) is 0.613. The molecule has 0 fully saturated rings. The van der Waals surface area contributed by atoms with Crippen LogP contribution in [0.5, 0.6) is 0 Å². The lowest BCUT2D eigenvalue weighted by atomic mass is 10.3. The number of non-ortho nitro benzene ring substituents is 1. The lowest BCUT2D eigenvalue weighted by Crippen LogP contribution is -2.22. The van der Waals surface area contributed by atoms with Crippen LogP contribution in [0.1, 0.15) is 0 Å². The highest BCUT2D eigenvalue weighted by Gasteiger charge is 2.15. The first-order valence-corrected chi connectivity index (χ1v) is 6.37. The van der Waals surface area contributed by atoms with Crippen molar-refractivity contribution in [2.45, 2.75) is 6.54 Å². The highest BCUT2D eigenvalue weighted by molar-refractivity contribution is 5.81. The minimum atomic E-state index is -0.377. The lowest BCUT2D eigenvalue weighted by molar-refractivity contribution is -0.384. The molecule has 20 heavy (non-hydrogen) atoms. The number of hydrogen-bond donors (Lipinski definition) is 0. The predicted molar refractivity (Wildman–Crippen MR) is 79.3 cm³/mol. The van der Waals surface area contributed by atoms with Gasteiger partial charge in [0.2, 0.25) is 5.95 Å². The second-order valence-electron chi connectivity index (χ2n) is 5.19. The maximum absolute atomic E-state index is 10.9. The van der Waals surface area contributed by atoms with Crippen LogP contribution in [0, 0.1) is 10.1 Å². The van der Waals surface area contributed by atoms with E-state index in [2.05, 4.69) is 9.88 Å². The third kappa shape index (κ3) is 2.72. The number of fused-ring (bicyclic) bond motifs is 1. The summed E-state index contributed by atoms with van der Waals surface area (Å²) in [6.07, 6.45) is 0. The van der Waals surface area contributed by atoms with Crippen LogP contribution < -0.4 is 4.90 Å². The normalized spacial score (nSPS) is 11.2. The van der Waals surface area contributed by atoms with E-state index in [1.807, 2.05) is 37.7 Å². The maximum Gasteiger partial charge on any atom is 0.271 e. The monoisotopic (exact) mass is 277 g/mol. The molecule has 0 aliphatic heterocycles. The molecule has 1 heterocycles. The average molecular weight is 277 g/mol. The average Bonchev–Trinajstić information content (AvgIpc) is 2.73. The van der Waals surface area contributed by atoms with E-state index < -0.39 is 0 Å². The fourth-order valence-corrected chi connectivity index (χ4v) is 2.07. The number of nitro benzene ring substituents is 1. The fourth-order valence-electron chi connectivity index (χ4n) is 2.07. The molecule has 7 heteroatoms. The number of likely N-dealkylation sites (N-methyl/N-ethyl adjacent to an activating group) is 1. The van der Waals surface area contributed by atoms with Gasteiger partial charge in [0.25, 0.3) is 5.69 Å². The minimum absolute atomic E-state index is 0.0915. The van der Waals surface area contributed by atoms with Crippen molar-refractivity contribution in [3.05, 3.63) is 28.3 Å². The van der Waals surface area contributed by atoms with Gasteiger partial charge in [0.1, 0.15) is 0 Å². The molecule has 2 aromatic rings. The molecule has 0 radical (unpaired) electrons. The van der Waals surface area contributed by atoms with E-state index in [4.69, 9.17) is 0 Å².